The first-order chi connectivity index (χ1) is 9.47. The molecule has 0 fully saturated rings. The van der Waals surface area contributed by atoms with Crippen molar-refractivity contribution in [3.63, 3.8) is 0 Å². The van der Waals surface area contributed by atoms with Gasteiger partial charge in [0.05, 0.1) is 23.5 Å². The van der Waals surface area contributed by atoms with E-state index in [-0.39, 0.29) is 17.4 Å². The van der Waals surface area contributed by atoms with Gasteiger partial charge in [0.25, 0.3) is 5.91 Å². The lowest BCUT2D eigenvalue weighted by Crippen LogP contribution is -2.29. The highest BCUT2D eigenvalue weighted by Crippen LogP contribution is 2.17. The summed E-state index contributed by atoms with van der Waals surface area (Å²) < 4.78 is 13.4. The number of halogens is 1. The summed E-state index contributed by atoms with van der Waals surface area (Å²) in [6.07, 6.45) is 1.62. The first kappa shape index (κ1) is 14.5. The Kier molecular flexibility index (Phi) is 4.34. The molecule has 0 aliphatic carbocycles. The predicted molar refractivity (Wildman–Crippen MR) is 73.8 cm³/mol. The summed E-state index contributed by atoms with van der Waals surface area (Å²) >= 11 is 0. The molecular formula is C14H18FN3O2. The molecule has 20 heavy (non-hydrogen) atoms. The van der Waals surface area contributed by atoms with Crippen molar-refractivity contribution in [2.24, 2.45) is 5.92 Å². The number of imidazole rings is 1. The Labute approximate surface area is 116 Å². The minimum atomic E-state index is -0.482. The first-order valence-electron chi connectivity index (χ1n) is 6.56. The summed E-state index contributed by atoms with van der Waals surface area (Å²) in [4.78, 5) is 18.9. The standard InChI is InChI=1S/C14H18FN3O2/c1-8(3-9(2)19)6-16-14(20)11-4-10(15)5-12-13(11)18-7-17-12/h4-5,7-9,19H,3,6H2,1-2H3,(H,16,20)(H,17,18). The molecule has 0 bridgehead atoms. The van der Waals surface area contributed by atoms with Crippen LogP contribution in [0.3, 0.4) is 0 Å². The van der Waals surface area contributed by atoms with Crippen molar-refractivity contribution in [3.05, 3.63) is 29.8 Å². The highest BCUT2D eigenvalue weighted by Gasteiger charge is 2.15. The number of aromatic amines is 1. The molecule has 0 radical (unpaired) electrons. The number of fused-ring (bicyclic) bond motifs is 1. The number of benzene rings is 1. The number of nitrogens with one attached hydrogen (secondary N) is 2. The molecule has 0 saturated heterocycles. The second kappa shape index (κ2) is 6.00. The van der Waals surface area contributed by atoms with Gasteiger partial charge < -0.3 is 15.4 Å². The molecule has 5 nitrogen and oxygen atoms in total. The zero-order chi connectivity index (χ0) is 14.7. The monoisotopic (exact) mass is 279 g/mol. The Balaban J connectivity index is 2.09. The molecule has 3 N–H and O–H groups in total. The maximum Gasteiger partial charge on any atom is 0.253 e. The summed E-state index contributed by atoms with van der Waals surface area (Å²) in [6, 6.07) is 2.48. The molecule has 0 aliphatic heterocycles. The zero-order valence-corrected chi connectivity index (χ0v) is 11.5. The molecule has 0 aliphatic rings. The van der Waals surface area contributed by atoms with E-state index in [1.54, 1.807) is 6.92 Å². The number of carbonyl (C=O) groups is 1. The summed E-state index contributed by atoms with van der Waals surface area (Å²) in [7, 11) is 0. The fraction of sp³-hybridized carbons (Fsp3) is 0.429. The van der Waals surface area contributed by atoms with Crippen LogP contribution in [0.25, 0.3) is 11.0 Å². The van der Waals surface area contributed by atoms with Gasteiger partial charge in [-0.15, -0.1) is 0 Å². The van der Waals surface area contributed by atoms with Crippen LogP contribution in [0.15, 0.2) is 18.5 Å². The molecule has 6 heteroatoms. The number of nitrogens with zero attached hydrogens (tertiary/aromatic N) is 1. The number of hydrogen-bond acceptors (Lipinski definition) is 3. The number of hydrogen-bond donors (Lipinski definition) is 3. The van der Waals surface area contributed by atoms with Gasteiger partial charge in [0, 0.05) is 6.54 Å². The average molecular weight is 279 g/mol. The fourth-order valence-corrected chi connectivity index (χ4v) is 2.22. The van der Waals surface area contributed by atoms with Crippen molar-refractivity contribution >= 4 is 16.9 Å². The Morgan fingerprint density at radius 2 is 2.25 bits per heavy atom. The van der Waals surface area contributed by atoms with Crippen LogP contribution in [0.2, 0.25) is 0 Å². The number of aliphatic hydroxyl groups excluding tert-OH is 1. The third-order valence-electron chi connectivity index (χ3n) is 3.09. The molecule has 1 aromatic heterocycles. The van der Waals surface area contributed by atoms with Gasteiger partial charge >= 0.3 is 0 Å². The molecule has 1 amide bonds. The maximum absolute atomic E-state index is 13.4. The molecule has 2 rings (SSSR count). The van der Waals surface area contributed by atoms with Crippen LogP contribution in [0, 0.1) is 11.7 Å². The zero-order valence-electron chi connectivity index (χ0n) is 11.5. The van der Waals surface area contributed by atoms with Gasteiger partial charge in [-0.2, -0.15) is 0 Å². The Bertz CT molecular complexity index is 609. The van der Waals surface area contributed by atoms with E-state index in [1.165, 1.54) is 18.5 Å². The van der Waals surface area contributed by atoms with Gasteiger partial charge in [0.1, 0.15) is 11.3 Å². The van der Waals surface area contributed by atoms with Crippen molar-refractivity contribution in [2.45, 2.75) is 26.4 Å². The highest BCUT2D eigenvalue weighted by atomic mass is 19.1. The minimum absolute atomic E-state index is 0.141. The highest BCUT2D eigenvalue weighted by molar-refractivity contribution is 6.04. The van der Waals surface area contributed by atoms with Gasteiger partial charge in [0.2, 0.25) is 0 Å². The van der Waals surface area contributed by atoms with E-state index in [4.69, 9.17) is 0 Å². The van der Waals surface area contributed by atoms with Gasteiger partial charge in [-0.05, 0) is 31.4 Å². The topological polar surface area (TPSA) is 78.0 Å². The Hall–Kier alpha value is -1.95. The average Bonchev–Trinajstić information content (AvgIpc) is 2.81. The Morgan fingerprint density at radius 1 is 1.50 bits per heavy atom. The second-order valence-corrected chi connectivity index (χ2v) is 5.15. The summed E-state index contributed by atoms with van der Waals surface area (Å²) in [6.45, 7) is 4.06. The van der Waals surface area contributed by atoms with Gasteiger partial charge in [-0.3, -0.25) is 4.79 Å². The van der Waals surface area contributed by atoms with E-state index in [2.05, 4.69) is 15.3 Å². The molecule has 0 saturated carbocycles. The third-order valence-corrected chi connectivity index (χ3v) is 3.09. The molecule has 2 atom stereocenters. The number of aliphatic hydroxyl groups is 1. The van der Waals surface area contributed by atoms with Crippen molar-refractivity contribution in [1.29, 1.82) is 0 Å². The number of H-pyrrole nitrogens is 1. The molecule has 0 spiro atoms. The number of rotatable bonds is 5. The van der Waals surface area contributed by atoms with Crippen LogP contribution in [-0.2, 0) is 0 Å². The van der Waals surface area contributed by atoms with Crippen LogP contribution in [-0.4, -0.2) is 33.6 Å². The summed E-state index contributed by atoms with van der Waals surface area (Å²) in [5.41, 5.74) is 1.16. The molecule has 1 aromatic carbocycles. The fourth-order valence-electron chi connectivity index (χ4n) is 2.22. The van der Waals surface area contributed by atoms with Crippen LogP contribution in [0.4, 0.5) is 4.39 Å². The van der Waals surface area contributed by atoms with E-state index in [0.29, 0.717) is 24.0 Å². The molecule has 2 aromatic rings. The molecule has 2 unspecified atom stereocenters. The smallest absolute Gasteiger partial charge is 0.253 e. The van der Waals surface area contributed by atoms with Crippen molar-refractivity contribution in [3.8, 4) is 0 Å². The van der Waals surface area contributed by atoms with E-state index in [0.717, 1.165) is 0 Å². The minimum Gasteiger partial charge on any atom is -0.393 e. The maximum atomic E-state index is 13.4. The predicted octanol–water partition coefficient (Wildman–Crippen LogP) is 1.84. The second-order valence-electron chi connectivity index (χ2n) is 5.15. The molecule has 108 valence electrons. The molecular weight excluding hydrogens is 261 g/mol. The largest absolute Gasteiger partial charge is 0.393 e. The lowest BCUT2D eigenvalue weighted by Gasteiger charge is -2.14. The van der Waals surface area contributed by atoms with Crippen molar-refractivity contribution in [2.75, 3.05) is 6.54 Å². The van der Waals surface area contributed by atoms with E-state index >= 15 is 0 Å². The van der Waals surface area contributed by atoms with Gasteiger partial charge in [0.15, 0.2) is 0 Å². The van der Waals surface area contributed by atoms with E-state index in [1.807, 2.05) is 6.92 Å². The lowest BCUT2D eigenvalue weighted by molar-refractivity contribution is 0.0940. The van der Waals surface area contributed by atoms with Crippen LogP contribution in [0.5, 0.6) is 0 Å². The SMILES string of the molecule is CC(O)CC(C)CNC(=O)c1cc(F)cc2[nH]cnc12. The van der Waals surface area contributed by atoms with Crippen LogP contribution >= 0.6 is 0 Å². The summed E-state index contributed by atoms with van der Waals surface area (Å²) in [5.74, 6) is -0.704. The Morgan fingerprint density at radius 3 is 2.95 bits per heavy atom. The van der Waals surface area contributed by atoms with Crippen LogP contribution < -0.4 is 5.32 Å². The van der Waals surface area contributed by atoms with E-state index in [9.17, 15) is 14.3 Å². The number of amides is 1. The van der Waals surface area contributed by atoms with Crippen LogP contribution in [0.1, 0.15) is 30.6 Å². The van der Waals surface area contributed by atoms with E-state index < -0.39 is 11.9 Å². The van der Waals surface area contributed by atoms with Gasteiger partial charge in [-0.1, -0.05) is 6.92 Å². The molecule has 1 heterocycles. The summed E-state index contributed by atoms with van der Waals surface area (Å²) in [5, 5.41) is 12.0. The number of aromatic nitrogens is 2. The third kappa shape index (κ3) is 3.33. The quantitative estimate of drug-likeness (QED) is 0.781. The van der Waals surface area contributed by atoms with Crippen molar-refractivity contribution < 1.29 is 14.3 Å². The van der Waals surface area contributed by atoms with Gasteiger partial charge in [-0.25, -0.2) is 9.37 Å². The van der Waals surface area contributed by atoms with Crippen molar-refractivity contribution in [1.82, 2.24) is 15.3 Å². The normalized spacial score (nSPS) is 14.2. The lowest BCUT2D eigenvalue weighted by atomic mass is 10.0. The first-order valence-corrected chi connectivity index (χ1v) is 6.56. The number of carbonyl (C=O) groups excluding carboxylic acids is 1.